The SMILES string of the molecule is COc1cc(O)c2c(c1)OC[C@H](c1ccc(O)cc1OC)C2=O. The number of fused-ring (bicyclic) bond motifs is 1. The average molecular weight is 316 g/mol. The number of ketones is 1. The van der Waals surface area contributed by atoms with Crippen LogP contribution in [-0.2, 0) is 0 Å². The number of phenolic OH excluding ortho intramolecular Hbond substituents is 2. The second-order valence-corrected chi connectivity index (χ2v) is 5.17. The molecule has 1 heterocycles. The smallest absolute Gasteiger partial charge is 0.181 e. The average Bonchev–Trinajstić information content (AvgIpc) is 2.55. The van der Waals surface area contributed by atoms with Crippen LogP contribution < -0.4 is 14.2 Å². The van der Waals surface area contributed by atoms with Gasteiger partial charge in [-0.3, -0.25) is 4.79 Å². The van der Waals surface area contributed by atoms with Crippen molar-refractivity contribution in [1.29, 1.82) is 0 Å². The maximum atomic E-state index is 12.8. The Hall–Kier alpha value is -2.89. The summed E-state index contributed by atoms with van der Waals surface area (Å²) in [6.45, 7) is 0.111. The van der Waals surface area contributed by atoms with Gasteiger partial charge in [0, 0.05) is 23.8 Å². The van der Waals surface area contributed by atoms with Crippen molar-refractivity contribution in [1.82, 2.24) is 0 Å². The van der Waals surface area contributed by atoms with Crippen LogP contribution in [0.25, 0.3) is 0 Å². The zero-order chi connectivity index (χ0) is 16.6. The van der Waals surface area contributed by atoms with Gasteiger partial charge in [0.05, 0.1) is 20.1 Å². The molecule has 0 spiro atoms. The topological polar surface area (TPSA) is 85.2 Å². The second-order valence-electron chi connectivity index (χ2n) is 5.17. The van der Waals surface area contributed by atoms with Gasteiger partial charge in [-0.1, -0.05) is 6.07 Å². The summed E-state index contributed by atoms with van der Waals surface area (Å²) in [5.74, 6) is 0.0567. The lowest BCUT2D eigenvalue weighted by molar-refractivity contribution is 0.0890. The standard InChI is InChI=1S/C17H16O6/c1-21-10-6-13(19)16-15(7-10)23-8-12(17(16)20)11-4-3-9(18)5-14(11)22-2/h3-7,12,18-19H,8H2,1-2H3/t12-/m1/s1. The van der Waals surface area contributed by atoms with Gasteiger partial charge >= 0.3 is 0 Å². The summed E-state index contributed by atoms with van der Waals surface area (Å²) in [5.41, 5.74) is 0.716. The summed E-state index contributed by atoms with van der Waals surface area (Å²) in [6.07, 6.45) is 0. The van der Waals surface area contributed by atoms with Crippen LogP contribution in [0.5, 0.6) is 28.7 Å². The zero-order valence-corrected chi connectivity index (χ0v) is 12.7. The molecule has 1 aliphatic rings. The number of ether oxygens (including phenoxy) is 3. The molecule has 1 aliphatic heterocycles. The minimum absolute atomic E-state index is 0.0442. The van der Waals surface area contributed by atoms with E-state index < -0.39 is 5.92 Å². The van der Waals surface area contributed by atoms with Crippen molar-refractivity contribution in [3.8, 4) is 28.7 Å². The van der Waals surface area contributed by atoms with Crippen LogP contribution in [0.1, 0.15) is 21.8 Å². The van der Waals surface area contributed by atoms with E-state index in [9.17, 15) is 15.0 Å². The lowest BCUT2D eigenvalue weighted by Crippen LogP contribution is -2.26. The molecule has 1 atom stereocenters. The normalized spacial score (nSPS) is 16.4. The molecule has 0 saturated carbocycles. The van der Waals surface area contributed by atoms with Crippen LogP contribution >= 0.6 is 0 Å². The van der Waals surface area contributed by atoms with Crippen LogP contribution in [0.15, 0.2) is 30.3 Å². The number of methoxy groups -OCH3 is 2. The highest BCUT2D eigenvalue weighted by Crippen LogP contribution is 2.42. The van der Waals surface area contributed by atoms with Crippen molar-refractivity contribution in [2.75, 3.05) is 20.8 Å². The highest BCUT2D eigenvalue weighted by atomic mass is 16.5. The summed E-state index contributed by atoms with van der Waals surface area (Å²) < 4.78 is 15.9. The van der Waals surface area contributed by atoms with Crippen molar-refractivity contribution in [2.45, 2.75) is 5.92 Å². The molecule has 0 fully saturated rings. The Morgan fingerprint density at radius 2 is 1.91 bits per heavy atom. The number of phenols is 2. The van der Waals surface area contributed by atoms with Gasteiger partial charge in [-0.2, -0.15) is 0 Å². The summed E-state index contributed by atoms with van der Waals surface area (Å²) >= 11 is 0. The highest BCUT2D eigenvalue weighted by Gasteiger charge is 2.34. The van der Waals surface area contributed by atoms with Crippen molar-refractivity contribution < 1.29 is 29.2 Å². The molecular formula is C17H16O6. The van der Waals surface area contributed by atoms with E-state index in [4.69, 9.17) is 14.2 Å². The fourth-order valence-corrected chi connectivity index (χ4v) is 2.70. The van der Waals surface area contributed by atoms with Crippen LogP contribution in [0, 0.1) is 0 Å². The van der Waals surface area contributed by atoms with E-state index in [0.29, 0.717) is 22.8 Å². The van der Waals surface area contributed by atoms with Gasteiger partial charge in [-0.05, 0) is 6.07 Å². The summed E-state index contributed by atoms with van der Waals surface area (Å²) in [4.78, 5) is 12.8. The molecule has 23 heavy (non-hydrogen) atoms. The van der Waals surface area contributed by atoms with E-state index >= 15 is 0 Å². The largest absolute Gasteiger partial charge is 0.508 e. The fourth-order valence-electron chi connectivity index (χ4n) is 2.70. The molecule has 3 rings (SSSR count). The quantitative estimate of drug-likeness (QED) is 0.905. The van der Waals surface area contributed by atoms with E-state index in [0.717, 1.165) is 0 Å². The summed E-state index contributed by atoms with van der Waals surface area (Å²) in [7, 11) is 2.93. The number of Topliss-reactive ketones (excluding diaryl/α,β-unsaturated/α-hetero) is 1. The van der Waals surface area contributed by atoms with E-state index in [1.807, 2.05) is 0 Å². The van der Waals surface area contributed by atoms with Gasteiger partial charge in [0.25, 0.3) is 0 Å². The first-order valence-electron chi connectivity index (χ1n) is 7.00. The first kappa shape index (κ1) is 15.0. The maximum Gasteiger partial charge on any atom is 0.181 e. The molecule has 0 saturated heterocycles. The molecular weight excluding hydrogens is 300 g/mol. The minimum atomic E-state index is -0.627. The van der Waals surface area contributed by atoms with E-state index in [2.05, 4.69) is 0 Å². The lowest BCUT2D eigenvalue weighted by atomic mass is 9.88. The first-order valence-corrected chi connectivity index (χ1v) is 7.00. The van der Waals surface area contributed by atoms with Crippen LogP contribution in [0.2, 0.25) is 0 Å². The molecule has 2 N–H and O–H groups in total. The minimum Gasteiger partial charge on any atom is -0.508 e. The molecule has 0 aliphatic carbocycles. The second kappa shape index (κ2) is 5.72. The van der Waals surface area contributed by atoms with E-state index in [-0.39, 0.29) is 29.5 Å². The number of rotatable bonds is 3. The molecule has 0 unspecified atom stereocenters. The van der Waals surface area contributed by atoms with Gasteiger partial charge in [-0.25, -0.2) is 0 Å². The first-order chi connectivity index (χ1) is 11.0. The highest BCUT2D eigenvalue weighted by molar-refractivity contribution is 6.06. The molecule has 0 radical (unpaired) electrons. The van der Waals surface area contributed by atoms with Crippen LogP contribution in [0.4, 0.5) is 0 Å². The third-order valence-electron chi connectivity index (χ3n) is 3.85. The predicted molar refractivity (Wildman–Crippen MR) is 81.9 cm³/mol. The van der Waals surface area contributed by atoms with Gasteiger partial charge < -0.3 is 24.4 Å². The van der Waals surface area contributed by atoms with Crippen LogP contribution in [-0.4, -0.2) is 36.8 Å². The Balaban J connectivity index is 2.05. The number of hydrogen-bond acceptors (Lipinski definition) is 6. The van der Waals surface area contributed by atoms with Crippen molar-refractivity contribution in [2.24, 2.45) is 0 Å². The monoisotopic (exact) mass is 316 g/mol. The molecule has 2 aromatic rings. The van der Waals surface area contributed by atoms with Crippen molar-refractivity contribution in [3.63, 3.8) is 0 Å². The number of aromatic hydroxyl groups is 2. The number of hydrogen-bond donors (Lipinski definition) is 2. The molecule has 0 aromatic heterocycles. The fraction of sp³-hybridized carbons (Fsp3) is 0.235. The Kier molecular flexibility index (Phi) is 3.73. The molecule has 120 valence electrons. The summed E-state index contributed by atoms with van der Waals surface area (Å²) in [6, 6.07) is 7.47. The molecule has 0 amide bonds. The number of carbonyl (C=O) groups is 1. The Bertz CT molecular complexity index is 768. The van der Waals surface area contributed by atoms with E-state index in [1.54, 1.807) is 12.1 Å². The number of carbonyl (C=O) groups excluding carboxylic acids is 1. The van der Waals surface area contributed by atoms with E-state index in [1.165, 1.54) is 32.4 Å². The van der Waals surface area contributed by atoms with Gasteiger partial charge in [0.2, 0.25) is 0 Å². The Labute approximate surface area is 132 Å². The van der Waals surface area contributed by atoms with Crippen LogP contribution in [0.3, 0.4) is 0 Å². The summed E-state index contributed by atoms with van der Waals surface area (Å²) in [5, 5.41) is 19.7. The van der Waals surface area contributed by atoms with Crippen molar-refractivity contribution >= 4 is 5.78 Å². The number of benzene rings is 2. The lowest BCUT2D eigenvalue weighted by Gasteiger charge is -2.26. The van der Waals surface area contributed by atoms with Gasteiger partial charge in [0.1, 0.15) is 40.9 Å². The van der Waals surface area contributed by atoms with Gasteiger partial charge in [-0.15, -0.1) is 0 Å². The zero-order valence-electron chi connectivity index (χ0n) is 12.7. The Morgan fingerprint density at radius 3 is 2.61 bits per heavy atom. The molecule has 2 aromatic carbocycles. The third kappa shape index (κ3) is 2.52. The van der Waals surface area contributed by atoms with Crippen molar-refractivity contribution in [3.05, 3.63) is 41.5 Å². The maximum absolute atomic E-state index is 12.8. The molecule has 0 bridgehead atoms. The molecule has 6 heteroatoms. The molecule has 6 nitrogen and oxygen atoms in total. The van der Waals surface area contributed by atoms with Gasteiger partial charge in [0.15, 0.2) is 5.78 Å². The predicted octanol–water partition coefficient (Wildman–Crippen LogP) is 2.47. The Morgan fingerprint density at radius 1 is 1.13 bits per heavy atom. The third-order valence-corrected chi connectivity index (χ3v) is 3.85.